The summed E-state index contributed by atoms with van der Waals surface area (Å²) in [7, 11) is 0. The summed E-state index contributed by atoms with van der Waals surface area (Å²) < 4.78 is 13.8. The van der Waals surface area contributed by atoms with Crippen molar-refractivity contribution < 1.29 is 9.18 Å². The second-order valence-corrected chi connectivity index (χ2v) is 7.32. The Hall–Kier alpha value is -1.43. The number of nitrogens with one attached hydrogen (secondary N) is 1. The molecule has 3 rings (SSSR count). The lowest BCUT2D eigenvalue weighted by Crippen LogP contribution is -2.39. The zero-order valence-corrected chi connectivity index (χ0v) is 15.0. The fourth-order valence-corrected chi connectivity index (χ4v) is 4.15. The molecular formula is C19H19FINO. The molecule has 2 aromatic rings. The highest BCUT2D eigenvalue weighted by atomic mass is 127. The average molecular weight is 423 g/mol. The third-order valence-electron chi connectivity index (χ3n) is 4.71. The molecule has 23 heavy (non-hydrogen) atoms. The average Bonchev–Trinajstić information content (AvgIpc) is 3.04. The summed E-state index contributed by atoms with van der Waals surface area (Å²) in [4.78, 5) is 12.5. The molecule has 1 N–H and O–H groups in total. The van der Waals surface area contributed by atoms with Crippen molar-refractivity contribution >= 4 is 28.5 Å². The summed E-state index contributed by atoms with van der Waals surface area (Å²) in [6, 6.07) is 14.7. The van der Waals surface area contributed by atoms with E-state index in [4.69, 9.17) is 0 Å². The van der Waals surface area contributed by atoms with Crippen LogP contribution >= 0.6 is 22.6 Å². The lowest BCUT2D eigenvalue weighted by Gasteiger charge is -2.30. The molecule has 120 valence electrons. The minimum Gasteiger partial charge on any atom is -0.351 e. The van der Waals surface area contributed by atoms with Gasteiger partial charge in [-0.1, -0.05) is 43.2 Å². The molecule has 2 aromatic carbocycles. The SMILES string of the molecule is O=C(NCC1(c2ccccc2)CCCC1)c1ccc(F)cc1I. The van der Waals surface area contributed by atoms with Gasteiger partial charge in [-0.3, -0.25) is 4.79 Å². The first kappa shape index (κ1) is 16.4. The van der Waals surface area contributed by atoms with Crippen LogP contribution in [0.15, 0.2) is 48.5 Å². The Morgan fingerprint density at radius 3 is 2.48 bits per heavy atom. The number of hydrogen-bond donors (Lipinski definition) is 1. The molecule has 0 spiro atoms. The predicted octanol–water partition coefficient (Wildman–Crippen LogP) is 4.67. The van der Waals surface area contributed by atoms with Gasteiger partial charge in [0, 0.05) is 15.5 Å². The van der Waals surface area contributed by atoms with Crippen LogP contribution in [-0.4, -0.2) is 12.5 Å². The normalized spacial score (nSPS) is 16.3. The van der Waals surface area contributed by atoms with Gasteiger partial charge in [-0.05, 0) is 59.2 Å². The van der Waals surface area contributed by atoms with Crippen LogP contribution in [0.5, 0.6) is 0 Å². The molecule has 0 aliphatic heterocycles. The maximum Gasteiger partial charge on any atom is 0.252 e. The van der Waals surface area contributed by atoms with Crippen molar-refractivity contribution in [3.63, 3.8) is 0 Å². The van der Waals surface area contributed by atoms with Crippen LogP contribution in [0.25, 0.3) is 0 Å². The smallest absolute Gasteiger partial charge is 0.252 e. The van der Waals surface area contributed by atoms with Crippen molar-refractivity contribution in [2.24, 2.45) is 0 Å². The molecule has 0 heterocycles. The molecule has 1 saturated carbocycles. The monoisotopic (exact) mass is 423 g/mol. The van der Waals surface area contributed by atoms with E-state index in [0.29, 0.717) is 15.7 Å². The van der Waals surface area contributed by atoms with Crippen LogP contribution in [0.1, 0.15) is 41.6 Å². The molecule has 0 atom stereocenters. The molecule has 1 amide bonds. The van der Waals surface area contributed by atoms with E-state index in [1.807, 2.05) is 28.7 Å². The van der Waals surface area contributed by atoms with E-state index in [1.54, 1.807) is 6.07 Å². The lowest BCUT2D eigenvalue weighted by molar-refractivity contribution is 0.0942. The minimum atomic E-state index is -0.317. The van der Waals surface area contributed by atoms with Crippen LogP contribution in [0.3, 0.4) is 0 Å². The van der Waals surface area contributed by atoms with Crippen LogP contribution in [0.4, 0.5) is 4.39 Å². The van der Waals surface area contributed by atoms with E-state index in [2.05, 4.69) is 29.6 Å². The van der Waals surface area contributed by atoms with Gasteiger partial charge < -0.3 is 5.32 Å². The second-order valence-electron chi connectivity index (χ2n) is 6.16. The van der Waals surface area contributed by atoms with Gasteiger partial charge in [0.15, 0.2) is 0 Å². The standard InChI is InChI=1S/C19H19FINO/c20-15-8-9-16(17(21)12-15)18(23)22-13-19(10-4-5-11-19)14-6-2-1-3-7-14/h1-3,6-9,12H,4-5,10-11,13H2,(H,22,23). The first-order valence-electron chi connectivity index (χ1n) is 7.90. The highest BCUT2D eigenvalue weighted by Crippen LogP contribution is 2.40. The number of amides is 1. The third kappa shape index (κ3) is 3.57. The summed E-state index contributed by atoms with van der Waals surface area (Å²) >= 11 is 2.00. The third-order valence-corrected chi connectivity index (χ3v) is 5.60. The highest BCUT2D eigenvalue weighted by Gasteiger charge is 2.35. The molecule has 0 aromatic heterocycles. The molecule has 4 heteroatoms. The first-order chi connectivity index (χ1) is 11.1. The van der Waals surface area contributed by atoms with Crippen LogP contribution in [-0.2, 0) is 5.41 Å². The number of carbonyl (C=O) groups excluding carboxylic acids is 1. The van der Waals surface area contributed by atoms with Gasteiger partial charge in [-0.2, -0.15) is 0 Å². The number of hydrogen-bond acceptors (Lipinski definition) is 1. The van der Waals surface area contributed by atoms with Gasteiger partial charge in [-0.15, -0.1) is 0 Å². The predicted molar refractivity (Wildman–Crippen MR) is 98.0 cm³/mol. The van der Waals surface area contributed by atoms with Gasteiger partial charge in [0.05, 0.1) is 5.56 Å². The van der Waals surface area contributed by atoms with Crippen molar-refractivity contribution in [2.75, 3.05) is 6.54 Å². The second kappa shape index (κ2) is 6.99. The number of rotatable bonds is 4. The quantitative estimate of drug-likeness (QED) is 0.712. The molecule has 1 fully saturated rings. The Labute approximate surface area is 149 Å². The maximum atomic E-state index is 13.2. The van der Waals surface area contributed by atoms with Crippen molar-refractivity contribution in [3.8, 4) is 0 Å². The first-order valence-corrected chi connectivity index (χ1v) is 8.97. The molecule has 1 aliphatic carbocycles. The fraction of sp³-hybridized carbons (Fsp3) is 0.316. The highest BCUT2D eigenvalue weighted by molar-refractivity contribution is 14.1. The number of carbonyl (C=O) groups is 1. The van der Waals surface area contributed by atoms with E-state index in [-0.39, 0.29) is 17.1 Å². The summed E-state index contributed by atoms with van der Waals surface area (Å²) in [6.45, 7) is 0.628. The summed E-state index contributed by atoms with van der Waals surface area (Å²) in [5.74, 6) is -0.445. The fourth-order valence-electron chi connectivity index (χ4n) is 3.43. The Balaban J connectivity index is 1.76. The Morgan fingerprint density at radius 2 is 1.83 bits per heavy atom. The molecular weight excluding hydrogens is 404 g/mol. The minimum absolute atomic E-state index is 0.0301. The Kier molecular flexibility index (Phi) is 4.99. The van der Waals surface area contributed by atoms with Gasteiger partial charge in [-0.25, -0.2) is 4.39 Å². The van der Waals surface area contributed by atoms with Crippen molar-refractivity contribution in [3.05, 3.63) is 69.0 Å². The molecule has 0 unspecified atom stereocenters. The topological polar surface area (TPSA) is 29.1 Å². The number of halogens is 2. The molecule has 1 aliphatic rings. The van der Waals surface area contributed by atoms with Crippen LogP contribution < -0.4 is 5.32 Å². The van der Waals surface area contributed by atoms with E-state index in [1.165, 1.54) is 30.5 Å². The lowest BCUT2D eigenvalue weighted by atomic mass is 9.79. The molecule has 0 radical (unpaired) electrons. The van der Waals surface area contributed by atoms with Crippen LogP contribution in [0, 0.1) is 9.39 Å². The largest absolute Gasteiger partial charge is 0.351 e. The Morgan fingerprint density at radius 1 is 1.13 bits per heavy atom. The zero-order valence-electron chi connectivity index (χ0n) is 12.8. The molecule has 2 nitrogen and oxygen atoms in total. The van der Waals surface area contributed by atoms with Gasteiger partial charge >= 0.3 is 0 Å². The van der Waals surface area contributed by atoms with Crippen LogP contribution in [0.2, 0.25) is 0 Å². The maximum absolute atomic E-state index is 13.2. The number of benzene rings is 2. The van der Waals surface area contributed by atoms with E-state index < -0.39 is 0 Å². The van der Waals surface area contributed by atoms with E-state index in [9.17, 15) is 9.18 Å². The van der Waals surface area contributed by atoms with Gasteiger partial charge in [0.25, 0.3) is 5.91 Å². The van der Waals surface area contributed by atoms with Gasteiger partial charge in [0.1, 0.15) is 5.82 Å². The van der Waals surface area contributed by atoms with E-state index >= 15 is 0 Å². The van der Waals surface area contributed by atoms with Crippen molar-refractivity contribution in [1.82, 2.24) is 5.32 Å². The summed E-state index contributed by atoms with van der Waals surface area (Å²) in [5, 5.41) is 3.07. The van der Waals surface area contributed by atoms with Gasteiger partial charge in [0.2, 0.25) is 0 Å². The summed E-state index contributed by atoms with van der Waals surface area (Å²) in [5.41, 5.74) is 1.86. The zero-order chi connectivity index (χ0) is 16.3. The molecule has 0 bridgehead atoms. The van der Waals surface area contributed by atoms with Crippen molar-refractivity contribution in [1.29, 1.82) is 0 Å². The van der Waals surface area contributed by atoms with E-state index in [0.717, 1.165) is 12.8 Å². The Bertz CT molecular complexity index is 696. The summed E-state index contributed by atoms with van der Waals surface area (Å²) in [6.07, 6.45) is 4.58. The van der Waals surface area contributed by atoms with Crippen molar-refractivity contribution in [2.45, 2.75) is 31.1 Å². The molecule has 0 saturated heterocycles.